The van der Waals surface area contributed by atoms with Crippen LogP contribution < -0.4 is 4.74 Å². The fourth-order valence-corrected chi connectivity index (χ4v) is 2.82. The van der Waals surface area contributed by atoms with Crippen LogP contribution in [0.3, 0.4) is 0 Å². The largest absolute Gasteiger partial charge is 0.481 e. The molecule has 0 saturated heterocycles. The summed E-state index contributed by atoms with van der Waals surface area (Å²) in [5.74, 6) is 0.776. The summed E-state index contributed by atoms with van der Waals surface area (Å²) in [7, 11) is 0. The van der Waals surface area contributed by atoms with E-state index >= 15 is 0 Å². The molecule has 0 amide bonds. The standard InChI is InChI=1S/C20H31ClO2/c1-8-16(18(21)22)23-17-10-9-14(12-19(2,3)4)11-15(17)13-20(5,6)7/h9-11,16H,8,12-13H2,1-7H3. The number of halogens is 1. The van der Waals surface area contributed by atoms with Gasteiger partial charge in [-0.25, -0.2) is 0 Å². The Labute approximate surface area is 146 Å². The summed E-state index contributed by atoms with van der Waals surface area (Å²) in [5, 5.41) is -0.437. The molecule has 1 atom stereocenters. The number of carbonyl (C=O) groups is 1. The Morgan fingerprint density at radius 1 is 1.09 bits per heavy atom. The van der Waals surface area contributed by atoms with Gasteiger partial charge in [-0.05, 0) is 58.9 Å². The van der Waals surface area contributed by atoms with E-state index in [9.17, 15) is 4.79 Å². The van der Waals surface area contributed by atoms with Crippen LogP contribution in [-0.4, -0.2) is 11.3 Å². The van der Waals surface area contributed by atoms with Crippen LogP contribution in [-0.2, 0) is 17.6 Å². The molecule has 0 aliphatic carbocycles. The molecule has 3 heteroatoms. The second-order valence-corrected chi connectivity index (χ2v) is 9.11. The summed E-state index contributed by atoms with van der Waals surface area (Å²) in [5.41, 5.74) is 2.83. The number of hydrogen-bond acceptors (Lipinski definition) is 2. The molecule has 0 aromatic heterocycles. The molecule has 1 aromatic rings. The molecule has 0 aliphatic heterocycles. The van der Waals surface area contributed by atoms with E-state index in [2.05, 4.69) is 53.7 Å². The lowest BCUT2D eigenvalue weighted by Gasteiger charge is -2.24. The van der Waals surface area contributed by atoms with E-state index < -0.39 is 11.3 Å². The van der Waals surface area contributed by atoms with Crippen LogP contribution in [0.15, 0.2) is 18.2 Å². The summed E-state index contributed by atoms with van der Waals surface area (Å²) < 4.78 is 5.91. The first-order valence-corrected chi connectivity index (χ1v) is 8.77. The molecule has 1 rings (SSSR count). The maximum atomic E-state index is 11.5. The summed E-state index contributed by atoms with van der Waals surface area (Å²) in [6.07, 6.45) is 1.90. The predicted octanol–water partition coefficient (Wildman–Crippen LogP) is 5.79. The highest BCUT2D eigenvalue weighted by Gasteiger charge is 2.21. The van der Waals surface area contributed by atoms with Gasteiger partial charge in [-0.2, -0.15) is 0 Å². The zero-order chi connectivity index (χ0) is 17.8. The molecule has 130 valence electrons. The number of rotatable bonds is 6. The lowest BCUT2D eigenvalue weighted by atomic mass is 9.84. The first-order chi connectivity index (χ1) is 10.4. The Balaban J connectivity index is 3.15. The van der Waals surface area contributed by atoms with Crippen LogP contribution in [0.25, 0.3) is 0 Å². The van der Waals surface area contributed by atoms with Crippen molar-refractivity contribution >= 4 is 16.8 Å². The van der Waals surface area contributed by atoms with Crippen LogP contribution in [0.2, 0.25) is 0 Å². The minimum absolute atomic E-state index is 0.144. The van der Waals surface area contributed by atoms with Crippen molar-refractivity contribution in [3.63, 3.8) is 0 Å². The monoisotopic (exact) mass is 338 g/mol. The molecule has 0 saturated carbocycles. The normalized spacial score (nSPS) is 13.7. The Morgan fingerprint density at radius 3 is 2.09 bits per heavy atom. The van der Waals surface area contributed by atoms with Crippen molar-refractivity contribution < 1.29 is 9.53 Å². The van der Waals surface area contributed by atoms with Gasteiger partial charge in [0.1, 0.15) is 5.75 Å². The van der Waals surface area contributed by atoms with Crippen LogP contribution in [0.1, 0.15) is 66.0 Å². The second-order valence-electron chi connectivity index (χ2n) is 8.74. The molecule has 0 aliphatic rings. The van der Waals surface area contributed by atoms with Crippen molar-refractivity contribution in [3.8, 4) is 5.75 Å². The van der Waals surface area contributed by atoms with E-state index in [0.29, 0.717) is 6.42 Å². The molecule has 0 spiro atoms. The third kappa shape index (κ3) is 7.39. The molecule has 0 heterocycles. The molecule has 0 N–H and O–H groups in total. The molecule has 23 heavy (non-hydrogen) atoms. The van der Waals surface area contributed by atoms with E-state index in [0.717, 1.165) is 24.2 Å². The van der Waals surface area contributed by atoms with Crippen molar-refractivity contribution in [2.24, 2.45) is 10.8 Å². The van der Waals surface area contributed by atoms with Gasteiger partial charge in [-0.1, -0.05) is 60.6 Å². The van der Waals surface area contributed by atoms with Crippen LogP contribution in [0.5, 0.6) is 5.75 Å². The molecular weight excluding hydrogens is 308 g/mol. The smallest absolute Gasteiger partial charge is 0.262 e. The fourth-order valence-electron chi connectivity index (χ4n) is 2.62. The zero-order valence-corrected chi connectivity index (χ0v) is 16.4. The zero-order valence-electron chi connectivity index (χ0n) is 15.6. The third-order valence-corrected chi connectivity index (χ3v) is 3.72. The topological polar surface area (TPSA) is 26.3 Å². The number of benzene rings is 1. The van der Waals surface area contributed by atoms with Gasteiger partial charge >= 0.3 is 0 Å². The summed E-state index contributed by atoms with van der Waals surface area (Å²) in [6, 6.07) is 6.31. The van der Waals surface area contributed by atoms with Gasteiger partial charge in [0.15, 0.2) is 6.10 Å². The lowest BCUT2D eigenvalue weighted by molar-refractivity contribution is -0.117. The fraction of sp³-hybridized carbons (Fsp3) is 0.650. The van der Waals surface area contributed by atoms with E-state index in [-0.39, 0.29) is 10.8 Å². The molecule has 0 radical (unpaired) electrons. The highest BCUT2D eigenvalue weighted by atomic mass is 35.5. The summed E-state index contributed by atoms with van der Waals surface area (Å²) >= 11 is 5.63. The van der Waals surface area contributed by atoms with E-state index in [1.807, 2.05) is 13.0 Å². The van der Waals surface area contributed by atoms with Crippen LogP contribution in [0, 0.1) is 10.8 Å². The maximum Gasteiger partial charge on any atom is 0.262 e. The SMILES string of the molecule is CCC(Oc1ccc(CC(C)(C)C)cc1CC(C)(C)C)C(=O)Cl. The van der Waals surface area contributed by atoms with E-state index in [1.54, 1.807) is 0 Å². The number of ether oxygens (including phenoxy) is 1. The molecule has 0 fully saturated rings. The highest BCUT2D eigenvalue weighted by molar-refractivity contribution is 6.64. The minimum atomic E-state index is -0.580. The maximum absolute atomic E-state index is 11.5. The van der Waals surface area contributed by atoms with Crippen molar-refractivity contribution in [2.75, 3.05) is 0 Å². The highest BCUT2D eigenvalue weighted by Crippen LogP contribution is 2.31. The van der Waals surface area contributed by atoms with Crippen molar-refractivity contribution in [1.82, 2.24) is 0 Å². The van der Waals surface area contributed by atoms with Gasteiger partial charge in [0, 0.05) is 0 Å². The molecule has 0 bridgehead atoms. The predicted molar refractivity (Wildman–Crippen MR) is 98.3 cm³/mol. The molecule has 1 unspecified atom stereocenters. The third-order valence-electron chi connectivity index (χ3n) is 3.47. The van der Waals surface area contributed by atoms with Crippen LogP contribution in [0.4, 0.5) is 0 Å². The van der Waals surface area contributed by atoms with Gasteiger partial charge < -0.3 is 4.74 Å². The summed E-state index contributed by atoms with van der Waals surface area (Å²) in [6.45, 7) is 15.2. The number of hydrogen-bond donors (Lipinski definition) is 0. The molecule has 2 nitrogen and oxygen atoms in total. The first kappa shape index (κ1) is 20.0. The van der Waals surface area contributed by atoms with Crippen LogP contribution >= 0.6 is 11.6 Å². The molecular formula is C20H31ClO2. The first-order valence-electron chi connectivity index (χ1n) is 8.39. The lowest BCUT2D eigenvalue weighted by Crippen LogP contribution is -2.23. The minimum Gasteiger partial charge on any atom is -0.481 e. The Bertz CT molecular complexity index is 536. The van der Waals surface area contributed by atoms with Gasteiger partial charge in [-0.15, -0.1) is 0 Å². The summed E-state index contributed by atoms with van der Waals surface area (Å²) in [4.78, 5) is 11.5. The average molecular weight is 339 g/mol. The molecule has 1 aromatic carbocycles. The van der Waals surface area contributed by atoms with E-state index in [4.69, 9.17) is 16.3 Å². The quantitative estimate of drug-likeness (QED) is 0.614. The average Bonchev–Trinajstić information content (AvgIpc) is 2.33. The Hall–Kier alpha value is -1.02. The van der Waals surface area contributed by atoms with Crippen molar-refractivity contribution in [2.45, 2.75) is 73.8 Å². The number of carbonyl (C=O) groups excluding carboxylic acids is 1. The Morgan fingerprint density at radius 2 is 1.65 bits per heavy atom. The van der Waals surface area contributed by atoms with Crippen molar-refractivity contribution in [1.29, 1.82) is 0 Å². The van der Waals surface area contributed by atoms with Gasteiger partial charge in [0.25, 0.3) is 5.24 Å². The van der Waals surface area contributed by atoms with E-state index in [1.165, 1.54) is 5.56 Å². The van der Waals surface area contributed by atoms with Gasteiger partial charge in [0.2, 0.25) is 0 Å². The van der Waals surface area contributed by atoms with Gasteiger partial charge in [-0.3, -0.25) is 4.79 Å². The Kier molecular flexibility index (Phi) is 6.70. The second kappa shape index (κ2) is 7.70. The van der Waals surface area contributed by atoms with Crippen molar-refractivity contribution in [3.05, 3.63) is 29.3 Å². The van der Waals surface area contributed by atoms with Gasteiger partial charge in [0.05, 0.1) is 0 Å².